The number of methoxy groups -OCH3 is 1. The topological polar surface area (TPSA) is 62.1 Å². The van der Waals surface area contributed by atoms with E-state index in [2.05, 4.69) is 10.1 Å². The van der Waals surface area contributed by atoms with Crippen LogP contribution in [0, 0.1) is 11.3 Å². The number of carbonyl (C=O) groups is 1. The van der Waals surface area contributed by atoms with E-state index in [1.807, 2.05) is 24.3 Å². The molecule has 1 aromatic carbocycles. The molecule has 0 heterocycles. The fourth-order valence-electron chi connectivity index (χ4n) is 1.37. The lowest BCUT2D eigenvalue weighted by molar-refractivity contribution is -0.135. The number of carbonyl (C=O) groups excluding carboxylic acids is 1. The Morgan fingerprint density at radius 3 is 2.44 bits per heavy atom. The number of rotatable bonds is 3. The van der Waals surface area contributed by atoms with Crippen molar-refractivity contribution < 1.29 is 9.53 Å². The molecule has 0 radical (unpaired) electrons. The number of nitriles is 1. The van der Waals surface area contributed by atoms with Crippen LogP contribution in [0.5, 0.6) is 0 Å². The zero-order valence-corrected chi connectivity index (χ0v) is 10.9. The number of nitrogens with one attached hydrogen (secondary N) is 1. The minimum absolute atomic E-state index is 0.104. The second-order valence-electron chi connectivity index (χ2n) is 3.40. The molecule has 0 bridgehead atoms. The first-order valence-electron chi connectivity index (χ1n) is 5.15. The third-order valence-corrected chi connectivity index (χ3v) is 2.22. The molecule has 4 nitrogen and oxygen atoms in total. The Kier molecular flexibility index (Phi) is 5.03. The summed E-state index contributed by atoms with van der Waals surface area (Å²) in [5.41, 5.74) is 0.953. The maximum atomic E-state index is 11.6. The van der Waals surface area contributed by atoms with Crippen LogP contribution in [0.15, 0.2) is 35.9 Å². The predicted molar refractivity (Wildman–Crippen MR) is 72.4 cm³/mol. The zero-order valence-electron chi connectivity index (χ0n) is 10.1. The number of thiocarbonyl (C=S) groups is 1. The molecule has 18 heavy (non-hydrogen) atoms. The Morgan fingerprint density at radius 1 is 1.39 bits per heavy atom. The quantitative estimate of drug-likeness (QED) is 0.390. The van der Waals surface area contributed by atoms with Gasteiger partial charge in [0.25, 0.3) is 0 Å². The predicted octanol–water partition coefficient (Wildman–Crippen LogP) is 2.03. The Hall–Kier alpha value is -2.19. The summed E-state index contributed by atoms with van der Waals surface area (Å²) in [6, 6.07) is 10.9. The van der Waals surface area contributed by atoms with Gasteiger partial charge in [0.15, 0.2) is 5.57 Å². The Morgan fingerprint density at radius 2 is 2.00 bits per heavy atom. The van der Waals surface area contributed by atoms with Crippen LogP contribution < -0.4 is 5.32 Å². The zero-order chi connectivity index (χ0) is 13.5. The van der Waals surface area contributed by atoms with Gasteiger partial charge in [-0.2, -0.15) is 5.26 Å². The first-order chi connectivity index (χ1) is 8.60. The molecule has 0 saturated heterocycles. The first-order valence-corrected chi connectivity index (χ1v) is 5.56. The van der Waals surface area contributed by atoms with Crippen LogP contribution in [0.3, 0.4) is 0 Å². The average Bonchev–Trinajstić information content (AvgIpc) is 2.38. The molecule has 0 aliphatic heterocycles. The van der Waals surface area contributed by atoms with Crippen LogP contribution >= 0.6 is 12.2 Å². The number of esters is 1. The Labute approximate surface area is 111 Å². The van der Waals surface area contributed by atoms with Crippen molar-refractivity contribution in [3.8, 4) is 6.07 Å². The van der Waals surface area contributed by atoms with Crippen molar-refractivity contribution in [2.75, 3.05) is 7.11 Å². The number of benzene rings is 1. The minimum Gasteiger partial charge on any atom is -0.465 e. The van der Waals surface area contributed by atoms with E-state index in [0.29, 0.717) is 16.2 Å². The Bertz CT molecular complexity index is 530. The van der Waals surface area contributed by atoms with Gasteiger partial charge < -0.3 is 10.1 Å². The van der Waals surface area contributed by atoms with Gasteiger partial charge in [-0.3, -0.25) is 0 Å². The molecule has 0 aliphatic carbocycles. The summed E-state index contributed by atoms with van der Waals surface area (Å²) < 4.78 is 4.58. The van der Waals surface area contributed by atoms with Crippen molar-refractivity contribution in [3.63, 3.8) is 0 Å². The standard InChI is InChI=1S/C13H12N2O2S/c1-9(18)15-12(10-6-4-3-5-7-10)11(8-14)13(16)17-2/h3-7H,1-2H3,(H,15,18)/b12-11-. The maximum Gasteiger partial charge on any atom is 0.350 e. The van der Waals surface area contributed by atoms with Gasteiger partial charge >= 0.3 is 5.97 Å². The summed E-state index contributed by atoms with van der Waals surface area (Å²) in [6.07, 6.45) is 0. The minimum atomic E-state index is -0.694. The summed E-state index contributed by atoms with van der Waals surface area (Å²) >= 11 is 4.95. The van der Waals surface area contributed by atoms with Gasteiger partial charge in [0.2, 0.25) is 0 Å². The molecule has 0 spiro atoms. The monoisotopic (exact) mass is 260 g/mol. The summed E-state index contributed by atoms with van der Waals surface area (Å²) in [5.74, 6) is -0.694. The molecule has 1 N–H and O–H groups in total. The molecule has 0 fully saturated rings. The van der Waals surface area contributed by atoms with Gasteiger partial charge in [0, 0.05) is 0 Å². The van der Waals surface area contributed by atoms with Crippen LogP contribution in [-0.2, 0) is 9.53 Å². The average molecular weight is 260 g/mol. The van der Waals surface area contributed by atoms with Crippen LogP contribution in [0.1, 0.15) is 12.5 Å². The number of hydrogen-bond acceptors (Lipinski definition) is 4. The van der Waals surface area contributed by atoms with Crippen molar-refractivity contribution in [1.82, 2.24) is 5.32 Å². The lowest BCUT2D eigenvalue weighted by Crippen LogP contribution is -2.21. The van der Waals surface area contributed by atoms with E-state index in [0.717, 1.165) is 0 Å². The van der Waals surface area contributed by atoms with Crippen molar-refractivity contribution in [3.05, 3.63) is 41.5 Å². The van der Waals surface area contributed by atoms with Crippen LogP contribution in [-0.4, -0.2) is 18.1 Å². The fourth-order valence-corrected chi connectivity index (χ4v) is 1.47. The molecule has 0 unspecified atom stereocenters. The van der Waals surface area contributed by atoms with Crippen molar-refractivity contribution in [1.29, 1.82) is 5.26 Å². The van der Waals surface area contributed by atoms with E-state index in [4.69, 9.17) is 17.5 Å². The summed E-state index contributed by atoms with van der Waals surface area (Å²) in [6.45, 7) is 1.67. The van der Waals surface area contributed by atoms with Gasteiger partial charge in [0.1, 0.15) is 6.07 Å². The molecule has 0 aliphatic rings. The van der Waals surface area contributed by atoms with Gasteiger partial charge in [-0.05, 0) is 12.5 Å². The molecular formula is C13H12N2O2S. The second-order valence-corrected chi connectivity index (χ2v) is 4.01. The van der Waals surface area contributed by atoms with Gasteiger partial charge in [0.05, 0.1) is 17.8 Å². The lowest BCUT2D eigenvalue weighted by atomic mass is 10.1. The van der Waals surface area contributed by atoms with Gasteiger partial charge in [-0.15, -0.1) is 0 Å². The van der Waals surface area contributed by atoms with Crippen LogP contribution in [0.25, 0.3) is 5.70 Å². The van der Waals surface area contributed by atoms with E-state index in [1.165, 1.54) is 7.11 Å². The van der Waals surface area contributed by atoms with Crippen molar-refractivity contribution in [2.45, 2.75) is 6.92 Å². The molecule has 1 aromatic rings. The third kappa shape index (κ3) is 3.40. The van der Waals surface area contributed by atoms with Gasteiger partial charge in [-0.1, -0.05) is 42.5 Å². The Balaban J connectivity index is 3.37. The summed E-state index contributed by atoms with van der Waals surface area (Å²) in [4.78, 5) is 12.0. The molecule has 0 saturated carbocycles. The molecule has 0 amide bonds. The highest BCUT2D eigenvalue weighted by atomic mass is 32.1. The normalized spacial score (nSPS) is 10.9. The molecule has 0 aromatic heterocycles. The molecule has 5 heteroatoms. The lowest BCUT2D eigenvalue weighted by Gasteiger charge is -2.11. The van der Waals surface area contributed by atoms with E-state index >= 15 is 0 Å². The SMILES string of the molecule is COC(=O)/C(C#N)=C(\NC(C)=S)c1ccccc1. The summed E-state index contributed by atoms with van der Waals surface area (Å²) in [5, 5.41) is 11.9. The highest BCUT2D eigenvalue weighted by Crippen LogP contribution is 2.16. The second kappa shape index (κ2) is 6.52. The van der Waals surface area contributed by atoms with E-state index < -0.39 is 5.97 Å². The van der Waals surface area contributed by atoms with E-state index in [1.54, 1.807) is 19.1 Å². The molecule has 0 atom stereocenters. The first kappa shape index (κ1) is 13.9. The van der Waals surface area contributed by atoms with Gasteiger partial charge in [-0.25, -0.2) is 4.79 Å². The largest absolute Gasteiger partial charge is 0.465 e. The van der Waals surface area contributed by atoms with Crippen molar-refractivity contribution >= 4 is 28.9 Å². The van der Waals surface area contributed by atoms with E-state index in [-0.39, 0.29) is 5.57 Å². The molecule has 1 rings (SSSR count). The number of ether oxygens (including phenoxy) is 1. The highest BCUT2D eigenvalue weighted by molar-refractivity contribution is 7.80. The summed E-state index contributed by atoms with van der Waals surface area (Å²) in [7, 11) is 1.23. The number of nitrogens with zero attached hydrogens (tertiary/aromatic N) is 1. The molecule has 92 valence electrons. The number of hydrogen-bond donors (Lipinski definition) is 1. The highest BCUT2D eigenvalue weighted by Gasteiger charge is 2.17. The van der Waals surface area contributed by atoms with Crippen molar-refractivity contribution in [2.24, 2.45) is 0 Å². The maximum absolute atomic E-state index is 11.6. The van der Waals surface area contributed by atoms with Crippen LogP contribution in [0.4, 0.5) is 0 Å². The van der Waals surface area contributed by atoms with Crippen LogP contribution in [0.2, 0.25) is 0 Å². The molecular weight excluding hydrogens is 248 g/mol. The smallest absolute Gasteiger partial charge is 0.350 e. The fraction of sp³-hybridized carbons (Fsp3) is 0.154. The third-order valence-electron chi connectivity index (χ3n) is 2.11. The van der Waals surface area contributed by atoms with E-state index in [9.17, 15) is 4.79 Å².